The van der Waals surface area contributed by atoms with Gasteiger partial charge in [-0.2, -0.15) is 0 Å². The molecule has 1 unspecified atom stereocenters. The lowest BCUT2D eigenvalue weighted by molar-refractivity contribution is 0.914. The molecular weight excluding hydrogens is 308 g/mol. The maximum absolute atomic E-state index is 4.62. The minimum Gasteiger partial charge on any atom is -0.359 e. The third-order valence-electron chi connectivity index (χ3n) is 4.45. The van der Waals surface area contributed by atoms with E-state index < -0.39 is 0 Å². The van der Waals surface area contributed by atoms with Crippen molar-refractivity contribution in [2.45, 2.75) is 19.9 Å². The van der Waals surface area contributed by atoms with Crippen molar-refractivity contribution in [1.82, 2.24) is 15.0 Å². The summed E-state index contributed by atoms with van der Waals surface area (Å²) in [5.74, 6) is 0.867. The SMILES string of the molecule is Cc1cccc(NC(c2ccncc2)c2c(C)[nH]c3ccccc23)n1. The van der Waals surface area contributed by atoms with Crippen molar-refractivity contribution in [3.63, 3.8) is 0 Å². The van der Waals surface area contributed by atoms with Crippen LogP contribution in [0.4, 0.5) is 5.82 Å². The highest BCUT2D eigenvalue weighted by Crippen LogP contribution is 2.34. The van der Waals surface area contributed by atoms with E-state index in [1.807, 2.05) is 37.5 Å². The number of pyridine rings is 2. The molecule has 0 aliphatic rings. The van der Waals surface area contributed by atoms with Gasteiger partial charge in [-0.1, -0.05) is 24.3 Å². The number of hydrogen-bond acceptors (Lipinski definition) is 3. The number of hydrogen-bond donors (Lipinski definition) is 2. The van der Waals surface area contributed by atoms with Crippen molar-refractivity contribution >= 4 is 16.7 Å². The van der Waals surface area contributed by atoms with Crippen LogP contribution in [-0.4, -0.2) is 15.0 Å². The van der Waals surface area contributed by atoms with Gasteiger partial charge in [0.25, 0.3) is 0 Å². The Morgan fingerprint density at radius 2 is 1.72 bits per heavy atom. The minimum absolute atomic E-state index is 0.00606. The van der Waals surface area contributed by atoms with Crippen LogP contribution in [0.1, 0.15) is 28.6 Å². The highest BCUT2D eigenvalue weighted by atomic mass is 15.0. The fraction of sp³-hybridized carbons (Fsp3) is 0.143. The number of aromatic amines is 1. The fourth-order valence-corrected chi connectivity index (χ4v) is 3.32. The van der Waals surface area contributed by atoms with Crippen molar-refractivity contribution < 1.29 is 0 Å². The van der Waals surface area contributed by atoms with E-state index in [4.69, 9.17) is 0 Å². The Balaban J connectivity index is 1.87. The molecule has 0 bridgehead atoms. The molecule has 0 amide bonds. The molecule has 0 aliphatic carbocycles. The van der Waals surface area contributed by atoms with Crippen molar-refractivity contribution in [1.29, 1.82) is 0 Å². The second kappa shape index (κ2) is 6.40. The number of fused-ring (bicyclic) bond motifs is 1. The number of aryl methyl sites for hydroxylation is 2. The topological polar surface area (TPSA) is 53.6 Å². The van der Waals surface area contributed by atoms with E-state index in [0.29, 0.717) is 0 Å². The van der Waals surface area contributed by atoms with Crippen LogP contribution < -0.4 is 5.32 Å². The smallest absolute Gasteiger partial charge is 0.126 e. The number of nitrogens with zero attached hydrogens (tertiary/aromatic N) is 2. The average Bonchev–Trinajstić information content (AvgIpc) is 2.96. The molecule has 25 heavy (non-hydrogen) atoms. The predicted octanol–water partition coefficient (Wildman–Crippen LogP) is 4.78. The highest BCUT2D eigenvalue weighted by Gasteiger charge is 2.21. The summed E-state index contributed by atoms with van der Waals surface area (Å²) in [5.41, 5.74) is 5.70. The first-order chi connectivity index (χ1) is 12.2. The molecule has 4 aromatic rings. The average molecular weight is 328 g/mol. The number of aromatic nitrogens is 3. The zero-order valence-corrected chi connectivity index (χ0v) is 14.3. The summed E-state index contributed by atoms with van der Waals surface area (Å²) in [6.07, 6.45) is 3.66. The summed E-state index contributed by atoms with van der Waals surface area (Å²) < 4.78 is 0. The van der Waals surface area contributed by atoms with Gasteiger partial charge in [0.15, 0.2) is 0 Å². The molecule has 0 saturated heterocycles. The van der Waals surface area contributed by atoms with E-state index in [0.717, 1.165) is 28.3 Å². The zero-order valence-electron chi connectivity index (χ0n) is 14.3. The van der Waals surface area contributed by atoms with Crippen molar-refractivity contribution in [2.75, 3.05) is 5.32 Å². The van der Waals surface area contributed by atoms with E-state index in [-0.39, 0.29) is 6.04 Å². The summed E-state index contributed by atoms with van der Waals surface area (Å²) in [5, 5.41) is 4.84. The fourth-order valence-electron chi connectivity index (χ4n) is 3.32. The molecule has 1 aromatic carbocycles. The zero-order chi connectivity index (χ0) is 17.2. The molecule has 4 nitrogen and oxygen atoms in total. The molecule has 124 valence electrons. The van der Waals surface area contributed by atoms with E-state index >= 15 is 0 Å². The molecule has 0 spiro atoms. The van der Waals surface area contributed by atoms with Gasteiger partial charge in [0.2, 0.25) is 0 Å². The predicted molar refractivity (Wildman–Crippen MR) is 102 cm³/mol. The van der Waals surface area contributed by atoms with Gasteiger partial charge in [-0.3, -0.25) is 4.98 Å². The molecule has 3 aromatic heterocycles. The van der Waals surface area contributed by atoms with Crippen LogP contribution in [0.3, 0.4) is 0 Å². The normalized spacial score (nSPS) is 12.2. The van der Waals surface area contributed by atoms with Gasteiger partial charge < -0.3 is 10.3 Å². The second-order valence-corrected chi connectivity index (χ2v) is 6.23. The Labute approximate surface area is 147 Å². The van der Waals surface area contributed by atoms with Gasteiger partial charge in [0.1, 0.15) is 5.82 Å². The largest absolute Gasteiger partial charge is 0.359 e. The van der Waals surface area contributed by atoms with E-state index in [1.54, 1.807) is 0 Å². The monoisotopic (exact) mass is 328 g/mol. The van der Waals surface area contributed by atoms with Crippen LogP contribution in [0.5, 0.6) is 0 Å². The van der Waals surface area contributed by atoms with Crippen molar-refractivity contribution in [3.8, 4) is 0 Å². The third-order valence-corrected chi connectivity index (χ3v) is 4.45. The van der Waals surface area contributed by atoms with Gasteiger partial charge in [0, 0.05) is 40.2 Å². The van der Waals surface area contributed by atoms with Gasteiger partial charge in [-0.25, -0.2) is 4.98 Å². The maximum atomic E-state index is 4.62. The highest BCUT2D eigenvalue weighted by molar-refractivity contribution is 5.86. The molecule has 0 fully saturated rings. The van der Waals surface area contributed by atoms with Gasteiger partial charge >= 0.3 is 0 Å². The Hall–Kier alpha value is -3.14. The first kappa shape index (κ1) is 15.4. The van der Waals surface area contributed by atoms with Gasteiger partial charge in [-0.05, 0) is 49.7 Å². The number of rotatable bonds is 4. The van der Waals surface area contributed by atoms with E-state index in [2.05, 4.69) is 63.6 Å². The lowest BCUT2D eigenvalue weighted by Crippen LogP contribution is -2.14. The Morgan fingerprint density at radius 3 is 2.52 bits per heavy atom. The molecular formula is C21H20N4. The summed E-state index contributed by atoms with van der Waals surface area (Å²) in [6.45, 7) is 4.12. The van der Waals surface area contributed by atoms with Crippen molar-refractivity contribution in [3.05, 3.63) is 89.5 Å². The summed E-state index contributed by atoms with van der Waals surface area (Å²) in [7, 11) is 0. The molecule has 0 saturated carbocycles. The lowest BCUT2D eigenvalue weighted by atomic mass is 9.96. The standard InChI is InChI=1S/C21H20N4/c1-14-6-5-9-19(23-14)25-21(16-10-12-22-13-11-16)20-15(2)24-18-8-4-3-7-17(18)20/h3-13,21,24H,1-2H3,(H,23,25). The van der Waals surface area contributed by atoms with Crippen LogP contribution in [0, 0.1) is 13.8 Å². The first-order valence-electron chi connectivity index (χ1n) is 8.40. The van der Waals surface area contributed by atoms with Crippen LogP contribution in [0.2, 0.25) is 0 Å². The van der Waals surface area contributed by atoms with Crippen LogP contribution in [0.15, 0.2) is 67.0 Å². The number of H-pyrrole nitrogens is 1. The molecule has 0 aliphatic heterocycles. The minimum atomic E-state index is -0.00606. The number of para-hydroxylation sites is 1. The van der Waals surface area contributed by atoms with E-state index in [9.17, 15) is 0 Å². The Morgan fingerprint density at radius 1 is 0.920 bits per heavy atom. The number of nitrogens with one attached hydrogen (secondary N) is 2. The quantitative estimate of drug-likeness (QED) is 0.567. The van der Waals surface area contributed by atoms with Crippen molar-refractivity contribution in [2.24, 2.45) is 0 Å². The van der Waals surface area contributed by atoms with E-state index in [1.165, 1.54) is 10.9 Å². The Kier molecular flexibility index (Phi) is 3.94. The van der Waals surface area contributed by atoms with Crippen LogP contribution in [0.25, 0.3) is 10.9 Å². The first-order valence-corrected chi connectivity index (χ1v) is 8.40. The number of anilines is 1. The second-order valence-electron chi connectivity index (χ2n) is 6.23. The summed E-state index contributed by atoms with van der Waals surface area (Å²) in [6, 6.07) is 18.5. The molecule has 1 atom stereocenters. The van der Waals surface area contributed by atoms with Gasteiger partial charge in [0.05, 0.1) is 6.04 Å². The molecule has 0 radical (unpaired) electrons. The van der Waals surface area contributed by atoms with Crippen LogP contribution >= 0.6 is 0 Å². The number of benzene rings is 1. The maximum Gasteiger partial charge on any atom is 0.126 e. The summed E-state index contributed by atoms with van der Waals surface area (Å²) >= 11 is 0. The van der Waals surface area contributed by atoms with Crippen LogP contribution in [-0.2, 0) is 0 Å². The molecule has 4 heteroatoms. The Bertz CT molecular complexity index is 1000. The molecule has 4 rings (SSSR count). The van der Waals surface area contributed by atoms with Gasteiger partial charge in [-0.15, -0.1) is 0 Å². The summed E-state index contributed by atoms with van der Waals surface area (Å²) in [4.78, 5) is 12.3. The lowest BCUT2D eigenvalue weighted by Gasteiger charge is -2.21. The third kappa shape index (κ3) is 2.98. The molecule has 2 N–H and O–H groups in total. The molecule has 3 heterocycles.